The molecule has 1 aliphatic heterocycles. The minimum Gasteiger partial charge on any atom is -0.472 e. The lowest BCUT2D eigenvalue weighted by Gasteiger charge is -2.28. The van der Waals surface area contributed by atoms with Crippen LogP contribution in [0.15, 0.2) is 24.3 Å². The van der Waals surface area contributed by atoms with Crippen molar-refractivity contribution in [1.82, 2.24) is 19.9 Å². The van der Waals surface area contributed by atoms with Gasteiger partial charge in [0, 0.05) is 34.8 Å². The van der Waals surface area contributed by atoms with Crippen LogP contribution in [0.4, 0.5) is 9.80 Å². The second-order valence-corrected chi connectivity index (χ2v) is 10.0. The number of urea groups is 1. The third-order valence-corrected chi connectivity index (χ3v) is 7.05. The Balaban J connectivity index is 1.21. The smallest absolute Gasteiger partial charge is 0.319 e. The molecule has 0 bridgehead atoms. The molecule has 2 aliphatic rings. The average Bonchev–Trinajstić information content (AvgIpc) is 3.50. The number of benzene rings is 1. The summed E-state index contributed by atoms with van der Waals surface area (Å²) in [5.74, 6) is 0.970. The zero-order valence-electron chi connectivity index (χ0n) is 18.7. The summed E-state index contributed by atoms with van der Waals surface area (Å²) in [6.07, 6.45) is 5.44. The molecular weight excluding hydrogens is 462 g/mol. The van der Waals surface area contributed by atoms with E-state index in [-0.39, 0.29) is 18.5 Å². The summed E-state index contributed by atoms with van der Waals surface area (Å²) in [6, 6.07) is 6.88. The lowest BCUT2D eigenvalue weighted by molar-refractivity contribution is 0.0951. The largest absolute Gasteiger partial charge is 0.472 e. The van der Waals surface area contributed by atoms with Crippen LogP contribution < -0.4 is 20.7 Å². The van der Waals surface area contributed by atoms with E-state index in [0.29, 0.717) is 45.5 Å². The van der Waals surface area contributed by atoms with Gasteiger partial charge < -0.3 is 20.3 Å². The Morgan fingerprint density at radius 3 is 2.76 bits per heavy atom. The van der Waals surface area contributed by atoms with Crippen molar-refractivity contribution in [3.63, 3.8) is 0 Å². The van der Waals surface area contributed by atoms with E-state index in [1.54, 1.807) is 24.3 Å². The lowest BCUT2D eigenvalue weighted by Crippen LogP contribution is -2.34. The van der Waals surface area contributed by atoms with Crippen molar-refractivity contribution in [3.05, 3.63) is 40.4 Å². The SMILES string of the molecule is CN1CCC(CCNC(=O)Nc2cc(OCc3cc(C(=O)NC4CC4)ccc3Cl)ns2)CC1. The summed E-state index contributed by atoms with van der Waals surface area (Å²) >= 11 is 7.43. The zero-order valence-corrected chi connectivity index (χ0v) is 20.3. The Bertz CT molecular complexity index is 973. The molecule has 0 atom stereocenters. The molecule has 10 heteroatoms. The van der Waals surface area contributed by atoms with Gasteiger partial charge in [-0.1, -0.05) is 11.6 Å². The molecule has 1 aromatic heterocycles. The first kappa shape index (κ1) is 23.8. The highest BCUT2D eigenvalue weighted by Gasteiger charge is 2.24. The predicted octanol–water partition coefficient (Wildman–Crippen LogP) is 4.12. The molecule has 0 spiro atoms. The third kappa shape index (κ3) is 7.31. The second kappa shape index (κ2) is 11.2. The number of ether oxygens (including phenoxy) is 1. The molecule has 0 unspecified atom stereocenters. The first-order chi connectivity index (χ1) is 16.0. The van der Waals surface area contributed by atoms with Crippen molar-refractivity contribution >= 4 is 40.1 Å². The minimum atomic E-state index is -0.240. The highest BCUT2D eigenvalue weighted by atomic mass is 35.5. The van der Waals surface area contributed by atoms with Gasteiger partial charge in [0.2, 0.25) is 5.88 Å². The number of nitrogens with one attached hydrogen (secondary N) is 3. The van der Waals surface area contributed by atoms with E-state index in [0.717, 1.165) is 43.9 Å². The number of rotatable bonds is 9. The van der Waals surface area contributed by atoms with Crippen LogP contribution in [0, 0.1) is 5.92 Å². The average molecular weight is 492 g/mol. The highest BCUT2D eigenvalue weighted by Crippen LogP contribution is 2.25. The molecule has 178 valence electrons. The quantitative estimate of drug-likeness (QED) is 0.490. The van der Waals surface area contributed by atoms with Crippen LogP contribution in [0.3, 0.4) is 0 Å². The van der Waals surface area contributed by atoms with Crippen molar-refractivity contribution in [2.75, 3.05) is 32.0 Å². The monoisotopic (exact) mass is 491 g/mol. The number of anilines is 1. The number of aromatic nitrogens is 1. The molecule has 33 heavy (non-hydrogen) atoms. The summed E-state index contributed by atoms with van der Waals surface area (Å²) in [5.41, 5.74) is 1.26. The van der Waals surface area contributed by atoms with Crippen molar-refractivity contribution in [1.29, 1.82) is 0 Å². The first-order valence-corrected chi connectivity index (χ1v) is 12.5. The van der Waals surface area contributed by atoms with Gasteiger partial charge >= 0.3 is 6.03 Å². The van der Waals surface area contributed by atoms with Gasteiger partial charge in [0.25, 0.3) is 5.91 Å². The van der Waals surface area contributed by atoms with E-state index in [4.69, 9.17) is 16.3 Å². The molecular formula is C23H30ClN5O3S. The maximum atomic E-state index is 12.3. The van der Waals surface area contributed by atoms with Crippen LogP contribution in [-0.4, -0.2) is 53.9 Å². The fourth-order valence-corrected chi connectivity index (χ4v) is 4.51. The molecule has 8 nitrogen and oxygen atoms in total. The van der Waals surface area contributed by atoms with Gasteiger partial charge in [-0.2, -0.15) is 4.37 Å². The van der Waals surface area contributed by atoms with Crippen molar-refractivity contribution < 1.29 is 14.3 Å². The van der Waals surface area contributed by atoms with Crippen LogP contribution in [0.1, 0.15) is 48.0 Å². The van der Waals surface area contributed by atoms with Crippen molar-refractivity contribution in [2.24, 2.45) is 5.92 Å². The molecule has 3 amide bonds. The molecule has 2 fully saturated rings. The Labute approximate surface area is 203 Å². The van der Waals surface area contributed by atoms with E-state index < -0.39 is 0 Å². The summed E-state index contributed by atoms with van der Waals surface area (Å²) < 4.78 is 9.97. The summed E-state index contributed by atoms with van der Waals surface area (Å²) in [6.45, 7) is 3.09. The van der Waals surface area contributed by atoms with Gasteiger partial charge in [-0.3, -0.25) is 10.1 Å². The van der Waals surface area contributed by atoms with Gasteiger partial charge in [0.15, 0.2) is 0 Å². The van der Waals surface area contributed by atoms with Gasteiger partial charge in [-0.25, -0.2) is 4.79 Å². The van der Waals surface area contributed by atoms with E-state index in [2.05, 4.69) is 32.3 Å². The number of likely N-dealkylation sites (tertiary alicyclic amines) is 1. The summed E-state index contributed by atoms with van der Waals surface area (Å²) in [4.78, 5) is 26.8. The molecule has 1 aromatic carbocycles. The van der Waals surface area contributed by atoms with Crippen molar-refractivity contribution in [3.8, 4) is 5.88 Å². The van der Waals surface area contributed by atoms with E-state index >= 15 is 0 Å². The maximum Gasteiger partial charge on any atom is 0.319 e. The number of carbonyl (C=O) groups excluding carboxylic acids is 2. The second-order valence-electron chi connectivity index (χ2n) is 8.79. The number of hydrogen-bond donors (Lipinski definition) is 3. The molecule has 1 saturated carbocycles. The predicted molar refractivity (Wildman–Crippen MR) is 130 cm³/mol. The number of nitrogens with zero attached hydrogens (tertiary/aromatic N) is 2. The minimum absolute atomic E-state index is 0.0996. The lowest BCUT2D eigenvalue weighted by atomic mass is 9.94. The van der Waals surface area contributed by atoms with Gasteiger partial charge in [0.1, 0.15) is 11.6 Å². The number of piperidine rings is 1. The van der Waals surface area contributed by atoms with E-state index in [1.165, 1.54) is 12.8 Å². The molecule has 4 rings (SSSR count). The molecule has 1 aliphatic carbocycles. The van der Waals surface area contributed by atoms with Gasteiger partial charge in [-0.05, 0) is 87.9 Å². The topological polar surface area (TPSA) is 95.6 Å². The van der Waals surface area contributed by atoms with Gasteiger partial charge in [0.05, 0.1) is 0 Å². The van der Waals surface area contributed by atoms with Crippen LogP contribution >= 0.6 is 23.1 Å². The number of hydrogen-bond acceptors (Lipinski definition) is 6. The van der Waals surface area contributed by atoms with Crippen LogP contribution in [0.2, 0.25) is 5.02 Å². The fraction of sp³-hybridized carbons (Fsp3) is 0.522. The zero-order chi connectivity index (χ0) is 23.2. The van der Waals surface area contributed by atoms with E-state index in [1.807, 2.05) is 0 Å². The highest BCUT2D eigenvalue weighted by molar-refractivity contribution is 7.10. The Hall–Kier alpha value is -2.36. The van der Waals surface area contributed by atoms with Gasteiger partial charge in [-0.15, -0.1) is 0 Å². The maximum absolute atomic E-state index is 12.3. The Morgan fingerprint density at radius 2 is 2.00 bits per heavy atom. The summed E-state index contributed by atoms with van der Waals surface area (Å²) in [5, 5.41) is 9.81. The molecule has 2 aromatic rings. The van der Waals surface area contributed by atoms with E-state index in [9.17, 15) is 9.59 Å². The molecule has 1 saturated heterocycles. The standard InChI is InChI=1S/C23H30ClN5O3S/c1-29-10-7-15(8-11-29)6-9-25-23(31)27-21-13-20(28-33-21)32-14-17-12-16(2-5-19(17)24)22(30)26-18-3-4-18/h2,5,12-13,15,18H,3-4,6-11,14H2,1H3,(H,26,30)(H2,25,27,31). The normalized spacial score (nSPS) is 16.9. The van der Waals surface area contributed by atoms with Crippen LogP contribution in [-0.2, 0) is 6.61 Å². The van der Waals surface area contributed by atoms with Crippen LogP contribution in [0.25, 0.3) is 0 Å². The molecule has 0 radical (unpaired) electrons. The fourth-order valence-electron chi connectivity index (χ4n) is 3.76. The third-order valence-electron chi connectivity index (χ3n) is 6.00. The van der Waals surface area contributed by atoms with Crippen molar-refractivity contribution in [2.45, 2.75) is 44.8 Å². The van der Waals surface area contributed by atoms with Crippen LogP contribution in [0.5, 0.6) is 5.88 Å². The Morgan fingerprint density at radius 1 is 1.21 bits per heavy atom. The number of amides is 3. The molecule has 2 heterocycles. The molecule has 3 N–H and O–H groups in total. The number of halogens is 1. The summed E-state index contributed by atoms with van der Waals surface area (Å²) in [7, 11) is 2.15. The number of carbonyl (C=O) groups is 2. The first-order valence-electron chi connectivity index (χ1n) is 11.4. The Kier molecular flexibility index (Phi) is 8.06.